The van der Waals surface area contributed by atoms with Gasteiger partial charge in [-0.25, -0.2) is 0 Å². The highest BCUT2D eigenvalue weighted by Crippen LogP contribution is 2.51. The van der Waals surface area contributed by atoms with Gasteiger partial charge in [0.2, 0.25) is 5.91 Å². The Morgan fingerprint density at radius 3 is 2.33 bits per heavy atom. The van der Waals surface area contributed by atoms with Crippen LogP contribution in [0.3, 0.4) is 0 Å². The smallest absolute Gasteiger partial charge is 0.259 e. The first kappa shape index (κ1) is 38.1. The first-order valence-corrected chi connectivity index (χ1v) is 21.3. The average molecular weight is 796 g/mol. The Hall–Kier alpha value is -4.43. The van der Waals surface area contributed by atoms with E-state index in [-0.39, 0.29) is 23.5 Å². The molecule has 2 aromatic carbocycles. The number of benzene rings is 2. The number of carbonyl (C=O) groups excluding carboxylic acids is 2. The molecule has 4 aliphatic heterocycles. The van der Waals surface area contributed by atoms with Crippen LogP contribution in [0.25, 0.3) is 21.2 Å². The van der Waals surface area contributed by atoms with Gasteiger partial charge in [-0.2, -0.15) is 0 Å². The van der Waals surface area contributed by atoms with Gasteiger partial charge in [0.15, 0.2) is 0 Å². The van der Waals surface area contributed by atoms with Gasteiger partial charge in [-0.1, -0.05) is 6.07 Å². The Morgan fingerprint density at radius 2 is 1.63 bits per heavy atom. The second-order valence-corrected chi connectivity index (χ2v) is 17.9. The zero-order chi connectivity index (χ0) is 39.4. The number of rotatable bonds is 10. The van der Waals surface area contributed by atoms with Crippen LogP contribution in [0.2, 0.25) is 0 Å². The lowest BCUT2D eigenvalue weighted by atomic mass is 9.61. The fraction of sp³-hybridized carbons (Fsp3) is 0.523. The van der Waals surface area contributed by atoms with Crippen LogP contribution in [-0.4, -0.2) is 102 Å². The third-order valence-corrected chi connectivity index (χ3v) is 14.4. The number of amides is 2. The number of hydrogen-bond acceptors (Lipinski definition) is 10. The lowest BCUT2D eigenvalue weighted by Crippen LogP contribution is -2.54. The van der Waals surface area contributed by atoms with Crippen molar-refractivity contribution in [1.82, 2.24) is 24.6 Å². The number of thiophene rings is 1. The van der Waals surface area contributed by atoms with Crippen molar-refractivity contribution in [3.63, 3.8) is 0 Å². The SMILES string of the molecule is COc1cc(-c2cn(C)c(=O)c3ccsc23)cc(OC)c1CN1CCC(CN2CCC3(CC2)CC(Oc2ccc4c(c2)C(=O)N(C2CCC(O)NC2=O)C4)C3)CC1. The molecule has 0 radical (unpaired) electrons. The average Bonchev–Trinajstić information content (AvgIpc) is 3.82. The molecule has 1 aliphatic carbocycles. The molecule has 12 nitrogen and oxygen atoms in total. The van der Waals surface area contributed by atoms with Crippen LogP contribution in [0.5, 0.6) is 17.2 Å². The number of aliphatic hydroxyl groups excluding tert-OH is 1. The molecule has 2 amide bonds. The normalized spacial score (nSPS) is 23.1. The molecule has 302 valence electrons. The zero-order valence-corrected chi connectivity index (χ0v) is 33.9. The number of pyridine rings is 1. The molecule has 3 saturated heterocycles. The highest BCUT2D eigenvalue weighted by Gasteiger charge is 2.47. The van der Waals surface area contributed by atoms with Crippen LogP contribution in [0.1, 0.15) is 72.9 Å². The standard InChI is InChI=1S/C44H53N5O7S/c1-46-25-34(40-32(42(46)52)10-17-57-40)29-18-37(54-2)35(38(19-29)55-3)26-47-13-8-27(9-14-47)23-48-15-11-44(12-16-48)21-31(22-44)56-30-5-4-28-24-49(43(53)33(28)20-30)36-6-7-39(50)45-41(36)51/h4-5,10,17-20,25,27,31,36,39,50H,6-9,11-16,21-24,26H2,1-3H3,(H,45,51). The molecule has 1 saturated carbocycles. The summed E-state index contributed by atoms with van der Waals surface area (Å²) < 4.78 is 21.0. The van der Waals surface area contributed by atoms with Crippen LogP contribution < -0.4 is 25.1 Å². The first-order valence-electron chi connectivity index (χ1n) is 20.5. The Balaban J connectivity index is 0.741. The summed E-state index contributed by atoms with van der Waals surface area (Å²) in [5, 5.41) is 15.0. The maximum Gasteiger partial charge on any atom is 0.259 e. The molecule has 9 rings (SSSR count). The summed E-state index contributed by atoms with van der Waals surface area (Å²) in [6.07, 6.45) is 8.99. The van der Waals surface area contributed by atoms with E-state index in [1.165, 1.54) is 25.7 Å². The van der Waals surface area contributed by atoms with Gasteiger partial charge in [0, 0.05) is 48.7 Å². The Bertz CT molecular complexity index is 2200. The van der Waals surface area contributed by atoms with E-state index in [1.807, 2.05) is 35.8 Å². The number of aryl methyl sites for hydroxylation is 1. The number of likely N-dealkylation sites (tertiary alicyclic amines) is 2. The minimum Gasteiger partial charge on any atom is -0.496 e. The maximum atomic E-state index is 13.3. The predicted molar refractivity (Wildman–Crippen MR) is 219 cm³/mol. The van der Waals surface area contributed by atoms with Crippen LogP contribution in [0.4, 0.5) is 0 Å². The maximum absolute atomic E-state index is 13.3. The van der Waals surface area contributed by atoms with Crippen LogP contribution >= 0.6 is 11.3 Å². The fourth-order valence-corrected chi connectivity index (χ4v) is 11.0. The number of nitrogens with zero attached hydrogens (tertiary/aromatic N) is 4. The molecular weight excluding hydrogens is 743 g/mol. The Kier molecular flexibility index (Phi) is 10.3. The number of nitrogens with one attached hydrogen (secondary N) is 1. The molecule has 4 fully saturated rings. The summed E-state index contributed by atoms with van der Waals surface area (Å²) >= 11 is 1.58. The van der Waals surface area contributed by atoms with Crippen LogP contribution in [0, 0.1) is 11.3 Å². The summed E-state index contributed by atoms with van der Waals surface area (Å²) in [6, 6.07) is 11.3. The van der Waals surface area contributed by atoms with Gasteiger partial charge in [-0.3, -0.25) is 19.3 Å². The van der Waals surface area contributed by atoms with Gasteiger partial charge in [-0.05, 0) is 136 Å². The quantitative estimate of drug-likeness (QED) is 0.218. The number of hydrogen-bond donors (Lipinski definition) is 2. The molecule has 57 heavy (non-hydrogen) atoms. The van der Waals surface area contributed by atoms with Gasteiger partial charge < -0.3 is 39.0 Å². The molecule has 2 N–H and O–H groups in total. The third-order valence-electron chi connectivity index (χ3n) is 13.5. The van der Waals surface area contributed by atoms with Gasteiger partial charge in [0.05, 0.1) is 31.3 Å². The molecule has 1 spiro atoms. The predicted octanol–water partition coefficient (Wildman–Crippen LogP) is 5.37. The number of piperidine rings is 3. The van der Waals surface area contributed by atoms with Crippen LogP contribution in [-0.2, 0) is 24.9 Å². The van der Waals surface area contributed by atoms with Crippen molar-refractivity contribution >= 4 is 33.2 Å². The largest absolute Gasteiger partial charge is 0.496 e. The van der Waals surface area contributed by atoms with Crippen molar-refractivity contribution in [1.29, 1.82) is 0 Å². The number of carbonyl (C=O) groups is 2. The first-order chi connectivity index (χ1) is 27.6. The van der Waals surface area contributed by atoms with E-state index in [1.54, 1.807) is 42.1 Å². The highest BCUT2D eigenvalue weighted by atomic mass is 32.1. The third kappa shape index (κ3) is 7.32. The van der Waals surface area contributed by atoms with Crippen molar-refractivity contribution in [2.45, 2.75) is 82.8 Å². The fourth-order valence-electron chi connectivity index (χ4n) is 10.1. The monoisotopic (exact) mass is 795 g/mol. The number of aliphatic hydroxyl groups is 1. The number of aromatic nitrogens is 1. The molecular formula is C44H53N5O7S. The molecule has 5 aliphatic rings. The highest BCUT2D eigenvalue weighted by molar-refractivity contribution is 7.17. The Labute approximate surface area is 337 Å². The van der Waals surface area contributed by atoms with Gasteiger partial charge >= 0.3 is 0 Å². The molecule has 0 bridgehead atoms. The molecule has 2 aromatic heterocycles. The van der Waals surface area contributed by atoms with E-state index in [4.69, 9.17) is 14.2 Å². The van der Waals surface area contributed by atoms with Crippen molar-refractivity contribution in [2.75, 3.05) is 46.9 Å². The van der Waals surface area contributed by atoms with E-state index in [0.717, 1.165) is 102 Å². The van der Waals surface area contributed by atoms with E-state index in [0.29, 0.717) is 36.3 Å². The topological polar surface area (TPSA) is 126 Å². The van der Waals surface area contributed by atoms with E-state index >= 15 is 0 Å². The number of fused-ring (bicyclic) bond motifs is 2. The second-order valence-electron chi connectivity index (χ2n) is 17.0. The lowest BCUT2D eigenvalue weighted by molar-refractivity contribution is -0.132. The van der Waals surface area contributed by atoms with Gasteiger partial charge in [0.25, 0.3) is 11.5 Å². The van der Waals surface area contributed by atoms with Crippen molar-refractivity contribution < 1.29 is 28.9 Å². The number of ether oxygens (including phenoxy) is 3. The molecule has 6 heterocycles. The summed E-state index contributed by atoms with van der Waals surface area (Å²) in [5.74, 6) is 2.60. The van der Waals surface area contributed by atoms with Gasteiger partial charge in [-0.15, -0.1) is 11.3 Å². The summed E-state index contributed by atoms with van der Waals surface area (Å²) in [7, 11) is 5.23. The Morgan fingerprint density at radius 1 is 0.895 bits per heavy atom. The minimum atomic E-state index is -0.838. The lowest BCUT2D eigenvalue weighted by Gasteiger charge is -2.52. The van der Waals surface area contributed by atoms with Crippen LogP contribution in [0.15, 0.2) is 52.8 Å². The summed E-state index contributed by atoms with van der Waals surface area (Å²) in [4.78, 5) is 45.3. The van der Waals surface area contributed by atoms with E-state index < -0.39 is 12.3 Å². The van der Waals surface area contributed by atoms with Gasteiger partial charge in [0.1, 0.15) is 29.5 Å². The summed E-state index contributed by atoms with van der Waals surface area (Å²) in [6.45, 7) is 6.68. The zero-order valence-electron chi connectivity index (χ0n) is 33.1. The minimum absolute atomic E-state index is 0.00950. The molecule has 4 aromatic rings. The summed E-state index contributed by atoms with van der Waals surface area (Å²) in [5.41, 5.74) is 4.93. The van der Waals surface area contributed by atoms with Crippen molar-refractivity contribution in [3.05, 3.63) is 75.0 Å². The number of methoxy groups -OCH3 is 2. The molecule has 2 atom stereocenters. The van der Waals surface area contributed by atoms with Crippen molar-refractivity contribution in [2.24, 2.45) is 18.4 Å². The van der Waals surface area contributed by atoms with Crippen molar-refractivity contribution in [3.8, 4) is 28.4 Å². The second kappa shape index (κ2) is 15.4. The molecule has 13 heteroatoms. The van der Waals surface area contributed by atoms with E-state index in [9.17, 15) is 19.5 Å². The molecule has 2 unspecified atom stereocenters. The van der Waals surface area contributed by atoms with E-state index in [2.05, 4.69) is 27.2 Å².